The molecule has 3 heteroatoms. The van der Waals surface area contributed by atoms with Crippen LogP contribution < -0.4 is 0 Å². The normalized spacial score (nSPS) is 14.1. The lowest BCUT2D eigenvalue weighted by Crippen LogP contribution is -2.21. The van der Waals surface area contributed by atoms with E-state index in [4.69, 9.17) is 4.74 Å². The zero-order valence-electron chi connectivity index (χ0n) is 10.5. The van der Waals surface area contributed by atoms with Crippen molar-refractivity contribution >= 4 is 5.97 Å². The lowest BCUT2D eigenvalue weighted by atomic mass is 9.90. The molecule has 0 aliphatic heterocycles. The van der Waals surface area contributed by atoms with Gasteiger partial charge in [-0.2, -0.15) is 0 Å². The van der Waals surface area contributed by atoms with Crippen LogP contribution >= 0.6 is 0 Å². The number of hydrogen-bond acceptors (Lipinski definition) is 3. The Kier molecular flexibility index (Phi) is 5.88. The summed E-state index contributed by atoms with van der Waals surface area (Å²) in [7, 11) is 0. The van der Waals surface area contributed by atoms with Crippen LogP contribution in [0.15, 0.2) is 0 Å². The minimum absolute atomic E-state index is 0.178. The number of aliphatic hydroxyl groups is 1. The molecule has 0 saturated heterocycles. The molecule has 0 amide bonds. The third-order valence-electron chi connectivity index (χ3n) is 2.10. The van der Waals surface area contributed by atoms with E-state index in [1.807, 2.05) is 0 Å². The Hall–Kier alpha value is -0.570. The second-order valence-electron chi connectivity index (χ2n) is 5.50. The minimum Gasteiger partial charge on any atom is -0.436 e. The Labute approximate surface area is 92.8 Å². The summed E-state index contributed by atoms with van der Waals surface area (Å²) in [6.45, 7) is 9.97. The SMILES string of the molecule is CC(C)C(=O)OC(O)CCCC(C)(C)C. The third-order valence-corrected chi connectivity index (χ3v) is 2.10. The van der Waals surface area contributed by atoms with Gasteiger partial charge in [0, 0.05) is 6.42 Å². The Morgan fingerprint density at radius 1 is 1.33 bits per heavy atom. The van der Waals surface area contributed by atoms with Crippen LogP contribution in [0, 0.1) is 11.3 Å². The first-order chi connectivity index (χ1) is 6.72. The summed E-state index contributed by atoms with van der Waals surface area (Å²) in [5, 5.41) is 9.42. The number of carbonyl (C=O) groups excluding carboxylic acids is 1. The van der Waals surface area contributed by atoms with Crippen LogP contribution in [0.25, 0.3) is 0 Å². The molecule has 3 nitrogen and oxygen atoms in total. The van der Waals surface area contributed by atoms with Gasteiger partial charge < -0.3 is 9.84 Å². The second kappa shape index (κ2) is 6.11. The van der Waals surface area contributed by atoms with Gasteiger partial charge in [-0.1, -0.05) is 34.6 Å². The minimum atomic E-state index is -0.942. The lowest BCUT2D eigenvalue weighted by molar-refractivity contribution is -0.172. The van der Waals surface area contributed by atoms with E-state index in [1.165, 1.54) is 0 Å². The molecule has 0 fully saturated rings. The van der Waals surface area contributed by atoms with Crippen LogP contribution in [-0.2, 0) is 9.53 Å². The smallest absolute Gasteiger partial charge is 0.310 e. The van der Waals surface area contributed by atoms with Gasteiger partial charge in [-0.15, -0.1) is 0 Å². The molecule has 0 rings (SSSR count). The first-order valence-electron chi connectivity index (χ1n) is 5.61. The number of ether oxygens (including phenoxy) is 1. The molecule has 0 aliphatic rings. The molecule has 0 aromatic heterocycles. The number of aliphatic hydroxyl groups excluding tert-OH is 1. The average molecular weight is 216 g/mol. The standard InChI is InChI=1S/C12H24O3/c1-9(2)11(14)15-10(13)7-6-8-12(3,4)5/h9-10,13H,6-8H2,1-5H3. The van der Waals surface area contributed by atoms with E-state index in [0.717, 1.165) is 12.8 Å². The van der Waals surface area contributed by atoms with Gasteiger partial charge in [-0.3, -0.25) is 4.79 Å². The predicted molar refractivity (Wildman–Crippen MR) is 60.2 cm³/mol. The fourth-order valence-electron chi connectivity index (χ4n) is 1.14. The highest BCUT2D eigenvalue weighted by Crippen LogP contribution is 2.22. The number of rotatable bonds is 5. The molecule has 1 unspecified atom stereocenters. The molecule has 0 aromatic carbocycles. The summed E-state index contributed by atoms with van der Waals surface area (Å²) in [5.74, 6) is -0.513. The molecule has 0 heterocycles. The molecular formula is C12H24O3. The number of hydrogen-bond donors (Lipinski definition) is 1. The molecule has 0 spiro atoms. The lowest BCUT2D eigenvalue weighted by Gasteiger charge is -2.19. The van der Waals surface area contributed by atoms with E-state index in [0.29, 0.717) is 6.42 Å². The largest absolute Gasteiger partial charge is 0.436 e. The first kappa shape index (κ1) is 14.4. The van der Waals surface area contributed by atoms with Crippen molar-refractivity contribution in [2.75, 3.05) is 0 Å². The van der Waals surface area contributed by atoms with E-state index in [2.05, 4.69) is 20.8 Å². The summed E-state index contributed by atoms with van der Waals surface area (Å²) in [5.41, 5.74) is 0.266. The highest BCUT2D eigenvalue weighted by Gasteiger charge is 2.16. The van der Waals surface area contributed by atoms with Crippen LogP contribution in [0.5, 0.6) is 0 Å². The zero-order valence-corrected chi connectivity index (χ0v) is 10.5. The third kappa shape index (κ3) is 8.43. The van der Waals surface area contributed by atoms with Crippen molar-refractivity contribution in [2.24, 2.45) is 11.3 Å². The first-order valence-corrected chi connectivity index (χ1v) is 5.61. The summed E-state index contributed by atoms with van der Waals surface area (Å²) >= 11 is 0. The van der Waals surface area contributed by atoms with Gasteiger partial charge in [-0.05, 0) is 18.3 Å². The fraction of sp³-hybridized carbons (Fsp3) is 0.917. The summed E-state index contributed by atoms with van der Waals surface area (Å²) in [4.78, 5) is 11.1. The predicted octanol–water partition coefficient (Wildman–Crippen LogP) is 2.72. The molecular weight excluding hydrogens is 192 g/mol. The van der Waals surface area contributed by atoms with Crippen molar-refractivity contribution in [1.29, 1.82) is 0 Å². The van der Waals surface area contributed by atoms with Crippen LogP contribution in [-0.4, -0.2) is 17.4 Å². The average Bonchev–Trinajstić information content (AvgIpc) is 2.01. The molecule has 1 atom stereocenters. The highest BCUT2D eigenvalue weighted by molar-refractivity contribution is 5.71. The van der Waals surface area contributed by atoms with Crippen LogP contribution in [0.4, 0.5) is 0 Å². The van der Waals surface area contributed by atoms with Gasteiger partial charge in [0.25, 0.3) is 0 Å². The van der Waals surface area contributed by atoms with Gasteiger partial charge in [0.15, 0.2) is 0 Å². The molecule has 0 saturated carbocycles. The van der Waals surface area contributed by atoms with E-state index in [1.54, 1.807) is 13.8 Å². The Morgan fingerprint density at radius 3 is 2.27 bits per heavy atom. The zero-order chi connectivity index (χ0) is 12.1. The highest BCUT2D eigenvalue weighted by atomic mass is 16.6. The van der Waals surface area contributed by atoms with Crippen molar-refractivity contribution in [3.05, 3.63) is 0 Å². The van der Waals surface area contributed by atoms with Gasteiger partial charge in [0.05, 0.1) is 5.92 Å². The molecule has 0 bridgehead atoms. The number of esters is 1. The van der Waals surface area contributed by atoms with Crippen molar-refractivity contribution in [1.82, 2.24) is 0 Å². The molecule has 0 aromatic rings. The van der Waals surface area contributed by atoms with Crippen molar-refractivity contribution in [2.45, 2.75) is 60.2 Å². The molecule has 15 heavy (non-hydrogen) atoms. The van der Waals surface area contributed by atoms with E-state index >= 15 is 0 Å². The monoisotopic (exact) mass is 216 g/mol. The van der Waals surface area contributed by atoms with Crippen molar-refractivity contribution in [3.63, 3.8) is 0 Å². The van der Waals surface area contributed by atoms with Crippen molar-refractivity contribution < 1.29 is 14.6 Å². The molecule has 1 N–H and O–H groups in total. The maximum Gasteiger partial charge on any atom is 0.310 e. The Morgan fingerprint density at radius 2 is 1.87 bits per heavy atom. The van der Waals surface area contributed by atoms with Crippen LogP contribution in [0.3, 0.4) is 0 Å². The summed E-state index contributed by atoms with van der Waals surface area (Å²) in [6, 6.07) is 0. The maximum absolute atomic E-state index is 11.1. The summed E-state index contributed by atoms with van der Waals surface area (Å²) < 4.78 is 4.84. The Balaban J connectivity index is 3.67. The van der Waals surface area contributed by atoms with Gasteiger partial charge in [0.1, 0.15) is 0 Å². The van der Waals surface area contributed by atoms with E-state index in [-0.39, 0.29) is 17.3 Å². The molecule has 0 radical (unpaired) electrons. The Bertz CT molecular complexity index is 192. The molecule has 90 valence electrons. The van der Waals surface area contributed by atoms with E-state index < -0.39 is 6.29 Å². The van der Waals surface area contributed by atoms with Crippen LogP contribution in [0.2, 0.25) is 0 Å². The summed E-state index contributed by atoms with van der Waals surface area (Å²) in [6.07, 6.45) is 1.47. The maximum atomic E-state index is 11.1. The van der Waals surface area contributed by atoms with Crippen molar-refractivity contribution in [3.8, 4) is 0 Å². The van der Waals surface area contributed by atoms with Crippen LogP contribution in [0.1, 0.15) is 53.9 Å². The number of carbonyl (C=O) groups is 1. The molecule has 0 aliphatic carbocycles. The van der Waals surface area contributed by atoms with Gasteiger partial charge in [0.2, 0.25) is 6.29 Å². The second-order valence-corrected chi connectivity index (χ2v) is 5.50. The fourth-order valence-corrected chi connectivity index (χ4v) is 1.14. The topological polar surface area (TPSA) is 46.5 Å². The quantitative estimate of drug-likeness (QED) is 0.567. The van der Waals surface area contributed by atoms with E-state index in [9.17, 15) is 9.90 Å². The van der Waals surface area contributed by atoms with Gasteiger partial charge in [-0.25, -0.2) is 0 Å². The van der Waals surface area contributed by atoms with Gasteiger partial charge >= 0.3 is 5.97 Å².